The van der Waals surface area contributed by atoms with Crippen LogP contribution >= 0.6 is 0 Å². The lowest BCUT2D eigenvalue weighted by atomic mass is 9.93. The van der Waals surface area contributed by atoms with Crippen molar-refractivity contribution in [2.24, 2.45) is 5.92 Å². The van der Waals surface area contributed by atoms with Gasteiger partial charge in [-0.15, -0.1) is 0 Å². The fraction of sp³-hybridized carbons (Fsp3) is 0.467. The summed E-state index contributed by atoms with van der Waals surface area (Å²) >= 11 is 0. The standard InChI is InChI=1S/C30H36F3N5O3/c1-19-16-23(38-34-17-26(36-38)29(2,3)4)11-12-24(19)25(13-14-30(31,32)33)35-22-9-7-20(8-10-22)27(39)37-15-5-6-21(18-37)28(40)41/h7-12,16-17,21,25,35H,5-6,13-15,18H2,1-4H3,(H,40,41)/t21-,25?/m1/s1. The molecule has 0 bridgehead atoms. The number of aromatic nitrogens is 3. The number of aliphatic carboxylic acids is 1. The van der Waals surface area contributed by atoms with E-state index in [1.807, 2.05) is 33.8 Å². The third-order valence-corrected chi connectivity index (χ3v) is 7.37. The van der Waals surface area contributed by atoms with Crippen LogP contribution in [-0.4, -0.2) is 56.1 Å². The number of carbonyl (C=O) groups is 2. The van der Waals surface area contributed by atoms with E-state index in [1.54, 1.807) is 47.5 Å². The molecule has 0 spiro atoms. The minimum Gasteiger partial charge on any atom is -0.481 e. The summed E-state index contributed by atoms with van der Waals surface area (Å²) in [6, 6.07) is 11.4. The highest BCUT2D eigenvalue weighted by atomic mass is 19.4. The largest absolute Gasteiger partial charge is 0.481 e. The molecule has 220 valence electrons. The van der Waals surface area contributed by atoms with Crippen LogP contribution in [0.4, 0.5) is 18.9 Å². The third-order valence-electron chi connectivity index (χ3n) is 7.37. The van der Waals surface area contributed by atoms with Crippen LogP contribution < -0.4 is 5.32 Å². The molecule has 1 unspecified atom stereocenters. The second-order valence-electron chi connectivity index (χ2n) is 11.7. The number of likely N-dealkylation sites (tertiary alicyclic amines) is 1. The van der Waals surface area contributed by atoms with Gasteiger partial charge in [0.2, 0.25) is 0 Å². The Morgan fingerprint density at radius 2 is 1.83 bits per heavy atom. The summed E-state index contributed by atoms with van der Waals surface area (Å²) in [4.78, 5) is 27.4. The number of benzene rings is 2. The fourth-order valence-corrected chi connectivity index (χ4v) is 4.98. The number of hydrogen-bond acceptors (Lipinski definition) is 5. The minimum atomic E-state index is -4.31. The number of nitrogens with one attached hydrogen (secondary N) is 1. The van der Waals surface area contributed by atoms with E-state index in [1.165, 1.54) is 4.80 Å². The highest BCUT2D eigenvalue weighted by Crippen LogP contribution is 2.33. The first-order valence-corrected chi connectivity index (χ1v) is 13.7. The monoisotopic (exact) mass is 571 g/mol. The number of anilines is 1. The summed E-state index contributed by atoms with van der Waals surface area (Å²) < 4.78 is 39.7. The van der Waals surface area contributed by atoms with Crippen LogP contribution in [0.1, 0.15) is 79.7 Å². The van der Waals surface area contributed by atoms with Gasteiger partial charge in [0.1, 0.15) is 0 Å². The summed E-state index contributed by atoms with van der Waals surface area (Å²) in [5.74, 6) is -1.75. The van der Waals surface area contributed by atoms with Crippen molar-refractivity contribution in [1.29, 1.82) is 0 Å². The lowest BCUT2D eigenvalue weighted by Gasteiger charge is -2.30. The number of aryl methyl sites for hydroxylation is 1. The molecule has 2 N–H and O–H groups in total. The SMILES string of the molecule is Cc1cc(-n2ncc(C(C)(C)C)n2)ccc1C(CCC(F)(F)F)Nc1ccc(C(=O)N2CCC[C@@H](C(=O)O)C2)cc1. The van der Waals surface area contributed by atoms with Crippen LogP contribution in [0.5, 0.6) is 0 Å². The Bertz CT molecular complexity index is 1380. The quantitative estimate of drug-likeness (QED) is 0.329. The average molecular weight is 572 g/mol. The van der Waals surface area contributed by atoms with E-state index in [0.29, 0.717) is 36.3 Å². The molecule has 0 aliphatic carbocycles. The molecule has 1 aliphatic heterocycles. The average Bonchev–Trinajstić information content (AvgIpc) is 3.42. The number of nitrogens with zero attached hydrogens (tertiary/aromatic N) is 4. The third kappa shape index (κ3) is 7.65. The second kappa shape index (κ2) is 11.9. The maximum atomic E-state index is 13.2. The molecule has 8 nitrogen and oxygen atoms in total. The van der Waals surface area contributed by atoms with Crippen molar-refractivity contribution < 1.29 is 27.9 Å². The van der Waals surface area contributed by atoms with Gasteiger partial charge in [0.15, 0.2) is 0 Å². The summed E-state index contributed by atoms with van der Waals surface area (Å²) in [6.07, 6.45) is -2.58. The first-order chi connectivity index (χ1) is 19.2. The molecule has 1 aromatic heterocycles. The van der Waals surface area contributed by atoms with Gasteiger partial charge in [-0.1, -0.05) is 26.8 Å². The molecule has 11 heteroatoms. The molecule has 2 heterocycles. The van der Waals surface area contributed by atoms with Crippen LogP contribution in [-0.2, 0) is 10.2 Å². The zero-order valence-electron chi connectivity index (χ0n) is 23.7. The number of rotatable bonds is 8. The number of halogens is 3. The van der Waals surface area contributed by atoms with Gasteiger partial charge in [0.25, 0.3) is 5.91 Å². The van der Waals surface area contributed by atoms with Crippen molar-refractivity contribution in [3.8, 4) is 5.69 Å². The van der Waals surface area contributed by atoms with E-state index in [2.05, 4.69) is 15.5 Å². The van der Waals surface area contributed by atoms with Gasteiger partial charge in [0, 0.05) is 36.2 Å². The van der Waals surface area contributed by atoms with Crippen LogP contribution in [0.25, 0.3) is 5.69 Å². The summed E-state index contributed by atoms with van der Waals surface area (Å²) in [6.45, 7) is 8.62. The molecule has 3 aromatic rings. The Kier molecular flexibility index (Phi) is 8.74. The van der Waals surface area contributed by atoms with Crippen LogP contribution in [0.2, 0.25) is 0 Å². The number of hydrogen-bond donors (Lipinski definition) is 2. The zero-order valence-corrected chi connectivity index (χ0v) is 23.7. The fourth-order valence-electron chi connectivity index (χ4n) is 4.98. The van der Waals surface area contributed by atoms with Crippen molar-refractivity contribution in [1.82, 2.24) is 19.9 Å². The lowest BCUT2D eigenvalue weighted by Crippen LogP contribution is -2.42. The van der Waals surface area contributed by atoms with E-state index in [-0.39, 0.29) is 24.3 Å². The van der Waals surface area contributed by atoms with E-state index >= 15 is 0 Å². The maximum absolute atomic E-state index is 13.2. The smallest absolute Gasteiger partial charge is 0.389 e. The first kappa shape index (κ1) is 30.1. The van der Waals surface area contributed by atoms with E-state index in [9.17, 15) is 27.9 Å². The van der Waals surface area contributed by atoms with Gasteiger partial charge in [-0.3, -0.25) is 9.59 Å². The number of amides is 1. The molecule has 2 aromatic carbocycles. The predicted molar refractivity (Wildman–Crippen MR) is 149 cm³/mol. The molecule has 0 saturated carbocycles. The Morgan fingerprint density at radius 3 is 2.41 bits per heavy atom. The normalized spacial score (nSPS) is 16.9. The van der Waals surface area contributed by atoms with Gasteiger partial charge in [0.05, 0.1) is 29.5 Å². The molecule has 1 fully saturated rings. The summed E-state index contributed by atoms with van der Waals surface area (Å²) in [5, 5.41) is 21.4. The van der Waals surface area contributed by atoms with Gasteiger partial charge < -0.3 is 15.3 Å². The number of alkyl halides is 3. The Morgan fingerprint density at radius 1 is 1.12 bits per heavy atom. The van der Waals surface area contributed by atoms with Crippen molar-refractivity contribution in [2.45, 2.75) is 71.0 Å². The zero-order chi connectivity index (χ0) is 29.9. The van der Waals surface area contributed by atoms with Crippen LogP contribution in [0.15, 0.2) is 48.7 Å². The Balaban J connectivity index is 1.53. The van der Waals surface area contributed by atoms with Crippen molar-refractivity contribution in [3.05, 3.63) is 71.0 Å². The minimum absolute atomic E-state index is 0.161. The molecule has 4 rings (SSSR count). The van der Waals surface area contributed by atoms with E-state index in [4.69, 9.17) is 0 Å². The van der Waals surface area contributed by atoms with Gasteiger partial charge in [-0.25, -0.2) is 0 Å². The topological polar surface area (TPSA) is 100 Å². The second-order valence-corrected chi connectivity index (χ2v) is 11.7. The van der Waals surface area contributed by atoms with Gasteiger partial charge in [-0.05, 0) is 73.7 Å². The molecule has 1 amide bonds. The highest BCUT2D eigenvalue weighted by molar-refractivity contribution is 5.95. The van der Waals surface area contributed by atoms with Crippen LogP contribution in [0.3, 0.4) is 0 Å². The highest BCUT2D eigenvalue weighted by Gasteiger charge is 2.30. The van der Waals surface area contributed by atoms with E-state index in [0.717, 1.165) is 16.8 Å². The Hall–Kier alpha value is -3.89. The summed E-state index contributed by atoms with van der Waals surface area (Å²) in [5.41, 5.74) is 3.85. The maximum Gasteiger partial charge on any atom is 0.389 e. The number of carboxylic acid groups (broad SMARTS) is 1. The predicted octanol–water partition coefficient (Wildman–Crippen LogP) is 6.31. The molecular weight excluding hydrogens is 535 g/mol. The molecule has 41 heavy (non-hydrogen) atoms. The molecule has 2 atom stereocenters. The van der Waals surface area contributed by atoms with Gasteiger partial charge in [-0.2, -0.15) is 28.2 Å². The molecule has 1 aliphatic rings. The van der Waals surface area contributed by atoms with Crippen molar-refractivity contribution in [2.75, 3.05) is 18.4 Å². The number of carboxylic acids is 1. The number of carbonyl (C=O) groups excluding carboxylic acids is 1. The van der Waals surface area contributed by atoms with E-state index < -0.39 is 30.5 Å². The molecule has 0 radical (unpaired) electrons. The Labute approximate surface area is 237 Å². The molecule has 1 saturated heterocycles. The van der Waals surface area contributed by atoms with Crippen molar-refractivity contribution >= 4 is 17.6 Å². The lowest BCUT2D eigenvalue weighted by molar-refractivity contribution is -0.143. The molecular formula is C30H36F3N5O3. The summed E-state index contributed by atoms with van der Waals surface area (Å²) in [7, 11) is 0. The van der Waals surface area contributed by atoms with Crippen LogP contribution in [0, 0.1) is 12.8 Å². The number of piperidine rings is 1. The van der Waals surface area contributed by atoms with Crippen molar-refractivity contribution in [3.63, 3.8) is 0 Å². The van der Waals surface area contributed by atoms with Gasteiger partial charge >= 0.3 is 12.1 Å². The first-order valence-electron chi connectivity index (χ1n) is 13.7.